The molecule has 0 saturated carbocycles. The first-order chi connectivity index (χ1) is 10.5. The third kappa shape index (κ3) is 3.71. The molecular formula is C15H24N2O3S2. The molecule has 0 aliphatic carbocycles. The highest BCUT2D eigenvalue weighted by Gasteiger charge is 2.43. The van der Waals surface area contributed by atoms with E-state index in [1.165, 1.54) is 9.75 Å². The fraction of sp³-hybridized carbons (Fsp3) is 0.733. The number of likely N-dealkylation sites (tertiary alicyclic amines) is 1. The lowest BCUT2D eigenvalue weighted by Crippen LogP contribution is -2.34. The molecular weight excluding hydrogens is 320 g/mol. The zero-order valence-electron chi connectivity index (χ0n) is 13.1. The van der Waals surface area contributed by atoms with Gasteiger partial charge in [0.1, 0.15) is 0 Å². The average molecular weight is 345 g/mol. The lowest BCUT2D eigenvalue weighted by Gasteiger charge is -2.19. The SMILES string of the molecule is CCS(=O)(=O)NC[C@H]1CO[C@H]2CN(Cc3ccc(C)s3)C[C@@H]12. The van der Waals surface area contributed by atoms with Crippen molar-refractivity contribution in [1.29, 1.82) is 0 Å². The van der Waals surface area contributed by atoms with Gasteiger partial charge in [-0.2, -0.15) is 0 Å². The van der Waals surface area contributed by atoms with Gasteiger partial charge in [0.25, 0.3) is 0 Å². The molecule has 124 valence electrons. The number of sulfonamides is 1. The number of thiophene rings is 1. The van der Waals surface area contributed by atoms with Gasteiger partial charge >= 0.3 is 0 Å². The molecule has 1 aromatic rings. The van der Waals surface area contributed by atoms with Gasteiger partial charge in [-0.15, -0.1) is 11.3 Å². The van der Waals surface area contributed by atoms with Crippen LogP contribution >= 0.6 is 11.3 Å². The van der Waals surface area contributed by atoms with Crippen molar-refractivity contribution in [1.82, 2.24) is 9.62 Å². The maximum atomic E-state index is 11.6. The van der Waals surface area contributed by atoms with Gasteiger partial charge in [0.15, 0.2) is 0 Å². The maximum absolute atomic E-state index is 11.6. The molecule has 0 bridgehead atoms. The third-order valence-corrected chi connectivity index (χ3v) is 6.99. The summed E-state index contributed by atoms with van der Waals surface area (Å²) in [6.07, 6.45) is 0.261. The van der Waals surface area contributed by atoms with Crippen LogP contribution in [0.5, 0.6) is 0 Å². The van der Waals surface area contributed by atoms with Crippen LogP contribution in [0.15, 0.2) is 12.1 Å². The summed E-state index contributed by atoms with van der Waals surface area (Å²) in [4.78, 5) is 5.17. The Hall–Kier alpha value is -0.470. The number of nitrogens with one attached hydrogen (secondary N) is 1. The molecule has 0 spiro atoms. The largest absolute Gasteiger partial charge is 0.376 e. The molecule has 2 saturated heterocycles. The first-order valence-corrected chi connectivity index (χ1v) is 10.3. The summed E-state index contributed by atoms with van der Waals surface area (Å²) < 4.78 is 31.8. The van der Waals surface area contributed by atoms with E-state index in [4.69, 9.17) is 4.74 Å². The van der Waals surface area contributed by atoms with Gasteiger partial charge in [-0.3, -0.25) is 4.90 Å². The van der Waals surface area contributed by atoms with Gasteiger partial charge in [-0.1, -0.05) is 0 Å². The zero-order chi connectivity index (χ0) is 15.7. The predicted molar refractivity (Wildman–Crippen MR) is 88.5 cm³/mol. The van der Waals surface area contributed by atoms with Crippen LogP contribution in [-0.2, 0) is 21.3 Å². The summed E-state index contributed by atoms with van der Waals surface area (Å²) in [5.41, 5.74) is 0. The minimum absolute atomic E-state index is 0.137. The van der Waals surface area contributed by atoms with E-state index in [2.05, 4.69) is 28.7 Å². The highest BCUT2D eigenvalue weighted by atomic mass is 32.2. The average Bonchev–Trinajstić information content (AvgIpc) is 3.14. The van der Waals surface area contributed by atoms with Gasteiger partial charge in [-0.25, -0.2) is 13.1 Å². The number of hydrogen-bond donors (Lipinski definition) is 1. The van der Waals surface area contributed by atoms with E-state index in [9.17, 15) is 8.42 Å². The second kappa shape index (κ2) is 6.57. The van der Waals surface area contributed by atoms with Gasteiger partial charge in [0.05, 0.1) is 18.5 Å². The maximum Gasteiger partial charge on any atom is 0.211 e. The van der Waals surface area contributed by atoms with Crippen LogP contribution in [0.2, 0.25) is 0 Å². The van der Waals surface area contributed by atoms with Crippen molar-refractivity contribution in [2.45, 2.75) is 26.5 Å². The molecule has 2 aliphatic heterocycles. The molecule has 2 fully saturated rings. The first-order valence-electron chi connectivity index (χ1n) is 7.83. The lowest BCUT2D eigenvalue weighted by molar-refractivity contribution is 0.0944. The summed E-state index contributed by atoms with van der Waals surface area (Å²) in [5.74, 6) is 0.875. The Morgan fingerprint density at radius 3 is 2.91 bits per heavy atom. The summed E-state index contributed by atoms with van der Waals surface area (Å²) in [6, 6.07) is 4.36. The van der Waals surface area contributed by atoms with Crippen LogP contribution in [-0.4, -0.2) is 51.4 Å². The Balaban J connectivity index is 1.54. The molecule has 2 aliphatic rings. The van der Waals surface area contributed by atoms with Crippen molar-refractivity contribution in [2.24, 2.45) is 11.8 Å². The van der Waals surface area contributed by atoms with Crippen molar-refractivity contribution in [3.63, 3.8) is 0 Å². The Bertz CT molecular complexity index is 614. The molecule has 22 heavy (non-hydrogen) atoms. The van der Waals surface area contributed by atoms with Gasteiger partial charge in [-0.05, 0) is 26.0 Å². The van der Waals surface area contributed by atoms with Crippen molar-refractivity contribution in [3.05, 3.63) is 21.9 Å². The van der Waals surface area contributed by atoms with Gasteiger partial charge < -0.3 is 4.74 Å². The zero-order valence-corrected chi connectivity index (χ0v) is 14.8. The Morgan fingerprint density at radius 1 is 1.41 bits per heavy atom. The van der Waals surface area contributed by atoms with Crippen LogP contribution in [0, 0.1) is 18.8 Å². The number of nitrogens with zero attached hydrogens (tertiary/aromatic N) is 1. The summed E-state index contributed by atoms with van der Waals surface area (Å²) >= 11 is 1.85. The monoisotopic (exact) mass is 344 g/mol. The normalized spacial score (nSPS) is 29.1. The van der Waals surface area contributed by atoms with Crippen molar-refractivity contribution in [3.8, 4) is 0 Å². The number of aryl methyl sites for hydroxylation is 1. The molecule has 5 nitrogen and oxygen atoms in total. The summed E-state index contributed by atoms with van der Waals surface area (Å²) in [5, 5.41) is 0. The summed E-state index contributed by atoms with van der Waals surface area (Å²) in [7, 11) is -3.11. The van der Waals surface area contributed by atoms with Crippen LogP contribution < -0.4 is 4.72 Å². The lowest BCUT2D eigenvalue weighted by atomic mass is 9.93. The van der Waals surface area contributed by atoms with E-state index in [-0.39, 0.29) is 11.9 Å². The van der Waals surface area contributed by atoms with E-state index in [1.54, 1.807) is 6.92 Å². The number of rotatable bonds is 6. The molecule has 7 heteroatoms. The van der Waals surface area contributed by atoms with Crippen LogP contribution in [0.3, 0.4) is 0 Å². The molecule has 3 rings (SSSR count). The Morgan fingerprint density at radius 2 is 2.23 bits per heavy atom. The molecule has 3 heterocycles. The fourth-order valence-electron chi connectivity index (χ4n) is 3.35. The Kier molecular flexibility index (Phi) is 4.89. The third-order valence-electron chi connectivity index (χ3n) is 4.64. The second-order valence-electron chi connectivity index (χ2n) is 6.25. The summed E-state index contributed by atoms with van der Waals surface area (Å²) in [6.45, 7) is 7.90. The van der Waals surface area contributed by atoms with Crippen molar-refractivity contribution >= 4 is 21.4 Å². The number of hydrogen-bond acceptors (Lipinski definition) is 5. The van der Waals surface area contributed by atoms with Crippen molar-refractivity contribution < 1.29 is 13.2 Å². The molecule has 0 unspecified atom stereocenters. The van der Waals surface area contributed by atoms with Gasteiger partial charge in [0.2, 0.25) is 10.0 Å². The van der Waals surface area contributed by atoms with E-state index >= 15 is 0 Å². The van der Waals surface area contributed by atoms with Crippen LogP contribution in [0.4, 0.5) is 0 Å². The van der Waals surface area contributed by atoms with E-state index in [1.807, 2.05) is 11.3 Å². The van der Waals surface area contributed by atoms with E-state index < -0.39 is 10.0 Å². The minimum Gasteiger partial charge on any atom is -0.376 e. The highest BCUT2D eigenvalue weighted by Crippen LogP contribution is 2.34. The second-order valence-corrected chi connectivity index (χ2v) is 9.72. The van der Waals surface area contributed by atoms with Crippen LogP contribution in [0.1, 0.15) is 16.7 Å². The van der Waals surface area contributed by atoms with Crippen LogP contribution in [0.25, 0.3) is 0 Å². The highest BCUT2D eigenvalue weighted by molar-refractivity contribution is 7.89. The molecule has 0 aromatic carbocycles. The smallest absolute Gasteiger partial charge is 0.211 e. The molecule has 1 aromatic heterocycles. The van der Waals surface area contributed by atoms with Crippen molar-refractivity contribution in [2.75, 3.05) is 32.0 Å². The minimum atomic E-state index is -3.11. The quantitative estimate of drug-likeness (QED) is 0.848. The van der Waals surface area contributed by atoms with Gasteiger partial charge in [0, 0.05) is 47.8 Å². The number of ether oxygens (including phenoxy) is 1. The first kappa shape index (κ1) is 16.4. The Labute approximate surface area is 136 Å². The molecule has 1 N–H and O–H groups in total. The predicted octanol–water partition coefficient (Wildman–Crippen LogP) is 1.44. The van der Waals surface area contributed by atoms with E-state index in [0.717, 1.165) is 19.6 Å². The molecule has 0 amide bonds. The standard InChI is InChI=1S/C15H24N2O3S2/c1-3-22(18,19)16-6-12-10-20-15-9-17(8-14(12)15)7-13-5-4-11(2)21-13/h4-5,12,14-16H,3,6-10H2,1-2H3/t12-,14-,15-/m0/s1. The molecule has 0 radical (unpaired) electrons. The number of fused-ring (bicyclic) bond motifs is 1. The fourth-order valence-corrected chi connectivity index (χ4v) is 4.95. The van der Waals surface area contributed by atoms with E-state index in [0.29, 0.717) is 25.0 Å². The topological polar surface area (TPSA) is 58.6 Å². The molecule has 3 atom stereocenters.